The third-order valence-corrected chi connectivity index (χ3v) is 7.95. The van der Waals surface area contributed by atoms with Crippen molar-refractivity contribution in [1.29, 1.82) is 0 Å². The number of likely N-dealkylation sites (tertiary alicyclic amines) is 1. The molecule has 10 heteroatoms. The summed E-state index contributed by atoms with van der Waals surface area (Å²) in [5.41, 5.74) is 1.20. The summed E-state index contributed by atoms with van der Waals surface area (Å²) in [5, 5.41) is 3.67. The van der Waals surface area contributed by atoms with Crippen LogP contribution in [0.1, 0.15) is 39.5 Å². The number of nitrogens with zero attached hydrogens (tertiary/aromatic N) is 3. The number of nitrogens with one attached hydrogen (secondary N) is 1. The van der Waals surface area contributed by atoms with Crippen LogP contribution in [-0.4, -0.2) is 72.7 Å². The number of benzene rings is 2. The van der Waals surface area contributed by atoms with Crippen LogP contribution >= 0.6 is 23.8 Å². The van der Waals surface area contributed by atoms with Gasteiger partial charge < -0.3 is 24.6 Å². The zero-order chi connectivity index (χ0) is 27.9. The highest BCUT2D eigenvalue weighted by molar-refractivity contribution is 7.80. The van der Waals surface area contributed by atoms with Gasteiger partial charge in [-0.3, -0.25) is 14.5 Å². The van der Waals surface area contributed by atoms with Gasteiger partial charge in [-0.05, 0) is 93.0 Å². The fourth-order valence-electron chi connectivity index (χ4n) is 4.90. The van der Waals surface area contributed by atoms with Crippen LogP contribution in [0, 0.1) is 5.92 Å². The molecule has 0 saturated carbocycles. The lowest BCUT2D eigenvalue weighted by Crippen LogP contribution is -2.44. The number of halogens is 1. The maximum atomic E-state index is 13.7. The molecular weight excluding hydrogens is 536 g/mol. The molecule has 2 heterocycles. The molecule has 210 valence electrons. The number of carbonyl (C=O) groups is 2. The van der Waals surface area contributed by atoms with E-state index >= 15 is 0 Å². The van der Waals surface area contributed by atoms with Gasteiger partial charge in [-0.2, -0.15) is 0 Å². The molecule has 2 aliphatic rings. The molecule has 1 N–H and O–H groups in total. The molecule has 0 aromatic heterocycles. The van der Waals surface area contributed by atoms with Crippen molar-refractivity contribution in [2.75, 3.05) is 50.1 Å². The standard InChI is InChI=1S/C29H37ClN4O4S/c1-4-17-38-23-8-5-21(6-9-23)31-27(35)19-25-28(36)34(22-7-10-26(37-3)24(30)18-22)29(39)33(25)16-15-32-13-11-20(2)12-14-32/h5-10,18,20,25H,4,11-17,19H2,1-3H3,(H,31,35)/t25-/m1/s1. The van der Waals surface area contributed by atoms with Gasteiger partial charge in [-0.15, -0.1) is 0 Å². The second-order valence-corrected chi connectivity index (χ2v) is 10.9. The number of amides is 2. The quantitative estimate of drug-likeness (QED) is 0.371. The Balaban J connectivity index is 1.49. The molecular formula is C29H37ClN4O4S. The molecule has 0 aliphatic carbocycles. The van der Waals surface area contributed by atoms with Crippen molar-refractivity contribution < 1.29 is 19.1 Å². The molecule has 0 bridgehead atoms. The Hall–Kier alpha value is -2.88. The summed E-state index contributed by atoms with van der Waals surface area (Å²) >= 11 is 12.2. The summed E-state index contributed by atoms with van der Waals surface area (Å²) in [7, 11) is 1.54. The lowest BCUT2D eigenvalue weighted by molar-refractivity contribution is -0.124. The van der Waals surface area contributed by atoms with Gasteiger partial charge in [0.05, 0.1) is 30.8 Å². The monoisotopic (exact) mass is 572 g/mol. The van der Waals surface area contributed by atoms with E-state index in [0.717, 1.165) is 50.6 Å². The lowest BCUT2D eigenvalue weighted by atomic mass is 9.99. The van der Waals surface area contributed by atoms with Gasteiger partial charge in [0, 0.05) is 18.8 Å². The highest BCUT2D eigenvalue weighted by Crippen LogP contribution is 2.33. The molecule has 2 aromatic carbocycles. The van der Waals surface area contributed by atoms with Crippen LogP contribution in [0.5, 0.6) is 11.5 Å². The van der Waals surface area contributed by atoms with E-state index in [4.69, 9.17) is 33.3 Å². The van der Waals surface area contributed by atoms with Crippen LogP contribution in [0.4, 0.5) is 11.4 Å². The van der Waals surface area contributed by atoms with Crippen LogP contribution in [0.25, 0.3) is 0 Å². The summed E-state index contributed by atoms with van der Waals surface area (Å²) in [6.45, 7) is 8.34. The second kappa shape index (κ2) is 13.5. The SMILES string of the molecule is CCCOc1ccc(NC(=O)C[C@@H]2C(=O)N(c3ccc(OC)c(Cl)c3)C(=S)N2CCN2CCC(C)CC2)cc1. The predicted molar refractivity (Wildman–Crippen MR) is 159 cm³/mol. The molecule has 1 atom stereocenters. The van der Waals surface area contributed by atoms with Gasteiger partial charge in [0.25, 0.3) is 5.91 Å². The van der Waals surface area contributed by atoms with Crippen molar-refractivity contribution >= 4 is 52.1 Å². The second-order valence-electron chi connectivity index (χ2n) is 10.1. The molecule has 0 spiro atoms. The van der Waals surface area contributed by atoms with Crippen molar-refractivity contribution in [2.45, 2.75) is 45.6 Å². The van der Waals surface area contributed by atoms with Crippen LogP contribution in [-0.2, 0) is 9.59 Å². The summed E-state index contributed by atoms with van der Waals surface area (Å²) in [4.78, 5) is 32.6. The fourth-order valence-corrected chi connectivity index (χ4v) is 5.56. The van der Waals surface area contributed by atoms with Crippen LogP contribution in [0.3, 0.4) is 0 Å². The topological polar surface area (TPSA) is 74.3 Å². The predicted octanol–water partition coefficient (Wildman–Crippen LogP) is 5.20. The Bertz CT molecular complexity index is 1170. The first-order valence-electron chi connectivity index (χ1n) is 13.5. The van der Waals surface area contributed by atoms with Gasteiger partial charge in [0.2, 0.25) is 5.91 Å². The first-order chi connectivity index (χ1) is 18.8. The molecule has 2 saturated heterocycles. The first-order valence-corrected chi connectivity index (χ1v) is 14.3. The van der Waals surface area contributed by atoms with E-state index in [9.17, 15) is 9.59 Å². The van der Waals surface area contributed by atoms with E-state index in [1.807, 2.05) is 24.0 Å². The number of ether oxygens (including phenoxy) is 2. The molecule has 0 radical (unpaired) electrons. The minimum Gasteiger partial charge on any atom is -0.495 e. The van der Waals surface area contributed by atoms with E-state index in [1.54, 1.807) is 30.3 Å². The highest BCUT2D eigenvalue weighted by atomic mass is 35.5. The number of anilines is 2. The largest absolute Gasteiger partial charge is 0.495 e. The van der Waals surface area contributed by atoms with Crippen LogP contribution in [0.2, 0.25) is 5.02 Å². The number of hydrogen-bond donors (Lipinski definition) is 1. The summed E-state index contributed by atoms with van der Waals surface area (Å²) in [6.07, 6.45) is 3.22. The van der Waals surface area contributed by atoms with Gasteiger partial charge in [-0.1, -0.05) is 25.4 Å². The van der Waals surface area contributed by atoms with Crippen LogP contribution < -0.4 is 19.7 Å². The molecule has 2 fully saturated rings. The van der Waals surface area contributed by atoms with E-state index in [1.165, 1.54) is 12.0 Å². The van der Waals surface area contributed by atoms with Crippen molar-refractivity contribution in [1.82, 2.24) is 9.80 Å². The Morgan fingerprint density at radius 2 is 1.85 bits per heavy atom. The average Bonchev–Trinajstić information content (AvgIpc) is 3.16. The smallest absolute Gasteiger partial charge is 0.256 e. The summed E-state index contributed by atoms with van der Waals surface area (Å²) < 4.78 is 10.9. The molecule has 4 rings (SSSR count). The number of piperidine rings is 1. The third kappa shape index (κ3) is 7.21. The van der Waals surface area contributed by atoms with Crippen molar-refractivity contribution in [3.8, 4) is 11.5 Å². The molecule has 2 aliphatic heterocycles. The van der Waals surface area contributed by atoms with Crippen LogP contribution in [0.15, 0.2) is 42.5 Å². The van der Waals surface area contributed by atoms with Crippen molar-refractivity contribution in [3.63, 3.8) is 0 Å². The number of rotatable bonds is 11. The number of methoxy groups -OCH3 is 1. The fraction of sp³-hybridized carbons (Fsp3) is 0.483. The van der Waals surface area contributed by atoms with E-state index in [2.05, 4.69) is 17.1 Å². The Labute approximate surface area is 241 Å². The van der Waals surface area contributed by atoms with E-state index in [-0.39, 0.29) is 18.2 Å². The molecule has 0 unspecified atom stereocenters. The normalized spacial score (nSPS) is 18.5. The number of carbonyl (C=O) groups excluding carboxylic acids is 2. The average molecular weight is 573 g/mol. The molecule has 2 amide bonds. The van der Waals surface area contributed by atoms with E-state index in [0.29, 0.717) is 40.4 Å². The van der Waals surface area contributed by atoms with Gasteiger partial charge in [0.1, 0.15) is 17.5 Å². The Morgan fingerprint density at radius 1 is 1.13 bits per heavy atom. The van der Waals surface area contributed by atoms with Gasteiger partial charge in [-0.25, -0.2) is 0 Å². The Morgan fingerprint density at radius 3 is 2.49 bits per heavy atom. The number of thiocarbonyl (C=S) groups is 1. The lowest BCUT2D eigenvalue weighted by Gasteiger charge is -2.32. The minimum absolute atomic E-state index is 0.0233. The zero-order valence-electron chi connectivity index (χ0n) is 22.8. The molecule has 39 heavy (non-hydrogen) atoms. The minimum atomic E-state index is -0.714. The van der Waals surface area contributed by atoms with Crippen molar-refractivity contribution in [2.24, 2.45) is 5.92 Å². The maximum absolute atomic E-state index is 13.7. The summed E-state index contributed by atoms with van der Waals surface area (Å²) in [6, 6.07) is 11.7. The highest BCUT2D eigenvalue weighted by Gasteiger charge is 2.44. The molecule has 2 aromatic rings. The molecule has 8 nitrogen and oxygen atoms in total. The van der Waals surface area contributed by atoms with Gasteiger partial charge >= 0.3 is 0 Å². The number of hydrogen-bond acceptors (Lipinski definition) is 6. The maximum Gasteiger partial charge on any atom is 0.256 e. The first kappa shape index (κ1) is 29.1. The van der Waals surface area contributed by atoms with Gasteiger partial charge in [0.15, 0.2) is 5.11 Å². The van der Waals surface area contributed by atoms with Crippen molar-refractivity contribution in [3.05, 3.63) is 47.5 Å². The van der Waals surface area contributed by atoms with E-state index < -0.39 is 6.04 Å². The summed E-state index contributed by atoms with van der Waals surface area (Å²) in [5.74, 6) is 1.49. The zero-order valence-corrected chi connectivity index (χ0v) is 24.4. The Kier molecular flexibility index (Phi) is 10.0. The third-order valence-electron chi connectivity index (χ3n) is 7.24.